The maximum absolute atomic E-state index is 13.4. The normalized spacial score (nSPS) is 14.6. The van der Waals surface area contributed by atoms with E-state index in [0.717, 1.165) is 0 Å². The molecule has 33 heavy (non-hydrogen) atoms. The Hall–Kier alpha value is -3.72. The van der Waals surface area contributed by atoms with Gasteiger partial charge >= 0.3 is 5.97 Å². The second-order valence-electron chi connectivity index (χ2n) is 7.53. The van der Waals surface area contributed by atoms with E-state index in [1.807, 2.05) is 0 Å². The molecule has 3 aromatic rings. The summed E-state index contributed by atoms with van der Waals surface area (Å²) in [6.07, 6.45) is 0.541. The number of halogens is 1. The highest BCUT2D eigenvalue weighted by Crippen LogP contribution is 2.28. The average Bonchev–Trinajstić information content (AvgIpc) is 3.30. The van der Waals surface area contributed by atoms with Crippen LogP contribution in [-0.4, -0.2) is 66.1 Å². The van der Waals surface area contributed by atoms with Crippen LogP contribution in [0.2, 0.25) is 0 Å². The van der Waals surface area contributed by atoms with E-state index >= 15 is 0 Å². The first kappa shape index (κ1) is 22.5. The number of benzene rings is 2. The third kappa shape index (κ3) is 5.04. The van der Waals surface area contributed by atoms with Crippen molar-refractivity contribution < 1.29 is 28.2 Å². The van der Waals surface area contributed by atoms with Crippen molar-refractivity contribution in [1.29, 1.82) is 0 Å². The minimum atomic E-state index is -0.970. The lowest BCUT2D eigenvalue weighted by Crippen LogP contribution is -2.46. The van der Waals surface area contributed by atoms with Gasteiger partial charge in [-0.2, -0.15) is 5.10 Å². The molecule has 8 nitrogen and oxygen atoms in total. The van der Waals surface area contributed by atoms with Crippen LogP contribution >= 0.6 is 0 Å². The molecule has 2 heterocycles. The van der Waals surface area contributed by atoms with Gasteiger partial charge in [0.25, 0.3) is 5.91 Å². The molecule has 0 N–H and O–H groups in total. The molecule has 1 saturated heterocycles. The number of rotatable bonds is 6. The fourth-order valence-corrected chi connectivity index (χ4v) is 3.55. The Morgan fingerprint density at radius 2 is 1.85 bits per heavy atom. The standard InChI is InChI=1S/C24H24FN3O5/c1-16(23(29)27-10-12-32-13-11-27)33-24(30)21-15-28(19-8-6-18(25)7-9-19)26-22(21)17-4-3-5-20(14-17)31-2/h3-9,14-16H,10-13H2,1-2H3. The van der Waals surface area contributed by atoms with Gasteiger partial charge in [-0.1, -0.05) is 12.1 Å². The Morgan fingerprint density at radius 3 is 2.55 bits per heavy atom. The first-order valence-corrected chi connectivity index (χ1v) is 10.5. The molecule has 4 rings (SSSR count). The average molecular weight is 453 g/mol. The second kappa shape index (κ2) is 9.83. The molecule has 1 aromatic heterocycles. The molecule has 1 atom stereocenters. The molecular weight excluding hydrogens is 429 g/mol. The van der Waals surface area contributed by atoms with Gasteiger partial charge in [-0.25, -0.2) is 13.9 Å². The first-order chi connectivity index (χ1) is 16.0. The van der Waals surface area contributed by atoms with Crippen LogP contribution in [0.5, 0.6) is 5.75 Å². The zero-order valence-electron chi connectivity index (χ0n) is 18.4. The van der Waals surface area contributed by atoms with Crippen LogP contribution in [-0.2, 0) is 14.3 Å². The predicted octanol–water partition coefficient (Wildman–Crippen LogP) is 3.09. The number of morpholine rings is 1. The Kier molecular flexibility index (Phi) is 6.69. The Balaban J connectivity index is 1.65. The summed E-state index contributed by atoms with van der Waals surface area (Å²) in [5, 5.41) is 4.54. The highest BCUT2D eigenvalue weighted by Gasteiger charge is 2.28. The quantitative estimate of drug-likeness (QED) is 0.534. The fourth-order valence-electron chi connectivity index (χ4n) is 3.55. The number of amides is 1. The first-order valence-electron chi connectivity index (χ1n) is 10.5. The summed E-state index contributed by atoms with van der Waals surface area (Å²) in [5.74, 6) is -0.746. The van der Waals surface area contributed by atoms with E-state index in [1.54, 1.807) is 55.3 Å². The summed E-state index contributed by atoms with van der Waals surface area (Å²) in [6.45, 7) is 3.37. The van der Waals surface area contributed by atoms with Gasteiger partial charge in [-0.3, -0.25) is 4.79 Å². The van der Waals surface area contributed by atoms with E-state index in [9.17, 15) is 14.0 Å². The number of esters is 1. The molecule has 1 amide bonds. The van der Waals surface area contributed by atoms with E-state index in [-0.39, 0.29) is 17.3 Å². The summed E-state index contributed by atoms with van der Waals surface area (Å²) in [6, 6.07) is 12.8. The summed E-state index contributed by atoms with van der Waals surface area (Å²) in [4.78, 5) is 27.4. The third-order valence-electron chi connectivity index (χ3n) is 5.32. The number of hydrogen-bond acceptors (Lipinski definition) is 6. The lowest BCUT2D eigenvalue weighted by Gasteiger charge is -2.28. The smallest absolute Gasteiger partial charge is 0.342 e. The molecule has 172 valence electrons. The topological polar surface area (TPSA) is 82.9 Å². The van der Waals surface area contributed by atoms with E-state index in [4.69, 9.17) is 14.2 Å². The van der Waals surface area contributed by atoms with Crippen LogP contribution < -0.4 is 4.74 Å². The van der Waals surface area contributed by atoms with Crippen molar-refractivity contribution in [3.05, 3.63) is 66.1 Å². The maximum atomic E-state index is 13.4. The number of ether oxygens (including phenoxy) is 3. The van der Waals surface area contributed by atoms with E-state index in [0.29, 0.717) is 49.0 Å². The van der Waals surface area contributed by atoms with E-state index in [2.05, 4.69) is 5.10 Å². The second-order valence-corrected chi connectivity index (χ2v) is 7.53. The van der Waals surface area contributed by atoms with Crippen molar-refractivity contribution in [2.75, 3.05) is 33.4 Å². The van der Waals surface area contributed by atoms with Gasteiger partial charge in [0.05, 0.1) is 26.0 Å². The lowest BCUT2D eigenvalue weighted by molar-refractivity contribution is -0.143. The highest BCUT2D eigenvalue weighted by molar-refractivity contribution is 5.97. The summed E-state index contributed by atoms with van der Waals surface area (Å²) >= 11 is 0. The van der Waals surface area contributed by atoms with Gasteiger partial charge in [0.1, 0.15) is 22.8 Å². The number of nitrogens with zero attached hydrogens (tertiary/aromatic N) is 3. The molecule has 0 bridgehead atoms. The molecule has 1 unspecified atom stereocenters. The van der Waals surface area contributed by atoms with Crippen LogP contribution in [0.15, 0.2) is 54.7 Å². The monoisotopic (exact) mass is 453 g/mol. The molecule has 1 aliphatic heterocycles. The third-order valence-corrected chi connectivity index (χ3v) is 5.32. The largest absolute Gasteiger partial charge is 0.497 e. The summed E-state index contributed by atoms with van der Waals surface area (Å²) in [7, 11) is 1.55. The van der Waals surface area contributed by atoms with Crippen molar-refractivity contribution in [2.45, 2.75) is 13.0 Å². The zero-order valence-corrected chi connectivity index (χ0v) is 18.4. The SMILES string of the molecule is COc1cccc(-c2nn(-c3ccc(F)cc3)cc2C(=O)OC(C)C(=O)N2CCOCC2)c1. The van der Waals surface area contributed by atoms with Gasteiger partial charge < -0.3 is 19.1 Å². The van der Waals surface area contributed by atoms with Crippen molar-refractivity contribution in [3.63, 3.8) is 0 Å². The minimum absolute atomic E-state index is 0.175. The van der Waals surface area contributed by atoms with Gasteiger partial charge in [-0.15, -0.1) is 0 Å². The minimum Gasteiger partial charge on any atom is -0.497 e. The summed E-state index contributed by atoms with van der Waals surface area (Å²) in [5.41, 5.74) is 1.73. The summed E-state index contributed by atoms with van der Waals surface area (Å²) < 4.78 is 30.9. The van der Waals surface area contributed by atoms with E-state index in [1.165, 1.54) is 23.0 Å². The van der Waals surface area contributed by atoms with Crippen molar-refractivity contribution in [1.82, 2.24) is 14.7 Å². The van der Waals surface area contributed by atoms with E-state index < -0.39 is 12.1 Å². The number of hydrogen-bond donors (Lipinski definition) is 0. The van der Waals surface area contributed by atoms with Gasteiger partial charge in [0, 0.05) is 24.8 Å². The van der Waals surface area contributed by atoms with Gasteiger partial charge in [0.2, 0.25) is 0 Å². The molecular formula is C24H24FN3O5. The number of aromatic nitrogens is 2. The van der Waals surface area contributed by atoms with Crippen molar-refractivity contribution in [3.8, 4) is 22.7 Å². The Labute approximate surface area is 190 Å². The Morgan fingerprint density at radius 1 is 1.12 bits per heavy atom. The molecule has 0 aliphatic carbocycles. The van der Waals surface area contributed by atoms with Crippen LogP contribution in [0.4, 0.5) is 4.39 Å². The molecule has 2 aromatic carbocycles. The van der Waals surface area contributed by atoms with Gasteiger partial charge in [0.15, 0.2) is 6.10 Å². The van der Waals surface area contributed by atoms with Crippen LogP contribution in [0, 0.1) is 5.82 Å². The number of carbonyl (C=O) groups is 2. The van der Waals surface area contributed by atoms with Crippen LogP contribution in [0.1, 0.15) is 17.3 Å². The lowest BCUT2D eigenvalue weighted by atomic mass is 10.1. The fraction of sp³-hybridized carbons (Fsp3) is 0.292. The Bertz CT molecular complexity index is 1140. The highest BCUT2D eigenvalue weighted by atomic mass is 19.1. The van der Waals surface area contributed by atoms with Crippen LogP contribution in [0.3, 0.4) is 0 Å². The molecule has 9 heteroatoms. The zero-order chi connectivity index (χ0) is 23.4. The molecule has 0 saturated carbocycles. The van der Waals surface area contributed by atoms with Crippen LogP contribution in [0.25, 0.3) is 16.9 Å². The molecule has 1 aliphatic rings. The maximum Gasteiger partial charge on any atom is 0.342 e. The number of carbonyl (C=O) groups excluding carboxylic acids is 2. The molecule has 0 radical (unpaired) electrons. The number of methoxy groups -OCH3 is 1. The van der Waals surface area contributed by atoms with Crippen molar-refractivity contribution in [2.24, 2.45) is 0 Å². The van der Waals surface area contributed by atoms with Crippen molar-refractivity contribution >= 4 is 11.9 Å². The molecule has 1 fully saturated rings. The predicted molar refractivity (Wildman–Crippen MR) is 118 cm³/mol. The molecule has 0 spiro atoms. The van der Waals surface area contributed by atoms with Gasteiger partial charge in [-0.05, 0) is 43.3 Å².